The average molecular weight is 337 g/mol. The van der Waals surface area contributed by atoms with Crippen LogP contribution >= 0.6 is 15.9 Å². The number of oxazole rings is 1. The lowest BCUT2D eigenvalue weighted by atomic mass is 10.1. The van der Waals surface area contributed by atoms with Crippen LogP contribution in [0.2, 0.25) is 0 Å². The molecule has 0 bridgehead atoms. The first-order valence-corrected chi connectivity index (χ1v) is 6.99. The Morgan fingerprint density at radius 1 is 1.40 bits per heavy atom. The highest BCUT2D eigenvalue weighted by molar-refractivity contribution is 9.10. The number of halogens is 1. The number of aromatic nitrogens is 3. The second kappa shape index (κ2) is 5.26. The van der Waals surface area contributed by atoms with E-state index in [2.05, 4.69) is 36.2 Å². The van der Waals surface area contributed by atoms with Gasteiger partial charge in [-0.25, -0.2) is 9.78 Å². The number of nitrogens with one attached hydrogen (secondary N) is 3. The van der Waals surface area contributed by atoms with Gasteiger partial charge in [0, 0.05) is 18.5 Å². The molecule has 0 aliphatic rings. The van der Waals surface area contributed by atoms with E-state index in [0.29, 0.717) is 11.1 Å². The van der Waals surface area contributed by atoms with Crippen LogP contribution in [-0.4, -0.2) is 28.5 Å². The van der Waals surface area contributed by atoms with Gasteiger partial charge in [0.25, 0.3) is 0 Å². The number of hydrogen-bond donors (Lipinski definition) is 3. The van der Waals surface area contributed by atoms with Crippen LogP contribution in [0, 0.1) is 0 Å². The molecule has 0 aliphatic heterocycles. The summed E-state index contributed by atoms with van der Waals surface area (Å²) in [6.45, 7) is 0.855. The van der Waals surface area contributed by atoms with Crippen molar-refractivity contribution >= 4 is 27.0 Å². The third kappa shape index (κ3) is 2.41. The van der Waals surface area contributed by atoms with Gasteiger partial charge in [0.05, 0.1) is 5.52 Å². The molecule has 1 aromatic carbocycles. The van der Waals surface area contributed by atoms with Crippen LogP contribution in [0.15, 0.2) is 32.0 Å². The molecule has 2 heterocycles. The zero-order chi connectivity index (χ0) is 14.1. The topological polar surface area (TPSA) is 86.7 Å². The standard InChI is InChI=1S/C13H13BrN4O2/c1-15-5-4-10-17-11(12(14)18-10)7-2-3-9-8(6-7)16-13(19)20-9/h2-3,6,15H,4-5H2,1H3,(H,16,19)(H,17,18). The molecule has 104 valence electrons. The minimum absolute atomic E-state index is 0.451. The lowest BCUT2D eigenvalue weighted by Gasteiger charge is -1.97. The van der Waals surface area contributed by atoms with Gasteiger partial charge in [-0.15, -0.1) is 0 Å². The molecule has 0 saturated heterocycles. The van der Waals surface area contributed by atoms with E-state index in [-0.39, 0.29) is 0 Å². The van der Waals surface area contributed by atoms with Crippen molar-refractivity contribution < 1.29 is 4.42 Å². The summed E-state index contributed by atoms with van der Waals surface area (Å²) in [5.74, 6) is 0.454. The van der Waals surface area contributed by atoms with Crippen molar-refractivity contribution in [3.8, 4) is 11.3 Å². The number of hydrogen-bond acceptors (Lipinski definition) is 4. The molecule has 3 N–H and O–H groups in total. The molecule has 7 heteroatoms. The maximum Gasteiger partial charge on any atom is 0.417 e. The first-order chi connectivity index (χ1) is 9.67. The van der Waals surface area contributed by atoms with Gasteiger partial charge in [-0.3, -0.25) is 4.98 Å². The normalized spacial score (nSPS) is 11.3. The molecule has 0 atom stereocenters. The fourth-order valence-electron chi connectivity index (χ4n) is 2.05. The number of rotatable bonds is 4. The maximum absolute atomic E-state index is 11.2. The van der Waals surface area contributed by atoms with Crippen LogP contribution in [0.5, 0.6) is 0 Å². The van der Waals surface area contributed by atoms with E-state index in [4.69, 9.17) is 4.42 Å². The van der Waals surface area contributed by atoms with E-state index in [1.165, 1.54) is 0 Å². The summed E-state index contributed by atoms with van der Waals surface area (Å²) in [5.41, 5.74) is 2.94. The molecule has 0 unspecified atom stereocenters. The molecule has 20 heavy (non-hydrogen) atoms. The van der Waals surface area contributed by atoms with Gasteiger partial charge in [-0.1, -0.05) is 0 Å². The summed E-state index contributed by atoms with van der Waals surface area (Å²) in [6, 6.07) is 5.49. The number of aromatic amines is 2. The maximum atomic E-state index is 11.2. The van der Waals surface area contributed by atoms with Gasteiger partial charge in [-0.2, -0.15) is 0 Å². The predicted molar refractivity (Wildman–Crippen MR) is 79.7 cm³/mol. The van der Waals surface area contributed by atoms with Crippen molar-refractivity contribution in [3.63, 3.8) is 0 Å². The first kappa shape index (κ1) is 13.1. The predicted octanol–water partition coefficient (Wildman–Crippen LogP) is 2.04. The molecule has 0 amide bonds. The van der Waals surface area contributed by atoms with Gasteiger partial charge in [0.15, 0.2) is 5.58 Å². The Morgan fingerprint density at radius 2 is 2.25 bits per heavy atom. The SMILES string of the molecule is CNCCc1nc(-c2ccc3oc(=O)[nH]c3c2)c(Br)[nH]1. The van der Waals surface area contributed by atoms with Crippen molar-refractivity contribution in [2.75, 3.05) is 13.6 Å². The molecular formula is C13H13BrN4O2. The molecular weight excluding hydrogens is 324 g/mol. The molecule has 0 spiro atoms. The summed E-state index contributed by atoms with van der Waals surface area (Å²) in [4.78, 5) is 21.6. The minimum Gasteiger partial charge on any atom is -0.408 e. The first-order valence-electron chi connectivity index (χ1n) is 6.19. The van der Waals surface area contributed by atoms with Gasteiger partial charge >= 0.3 is 5.76 Å². The smallest absolute Gasteiger partial charge is 0.408 e. The second-order valence-corrected chi connectivity index (χ2v) is 5.22. The number of benzene rings is 1. The van der Waals surface area contributed by atoms with Crippen molar-refractivity contribution in [2.45, 2.75) is 6.42 Å². The lowest BCUT2D eigenvalue weighted by molar-refractivity contribution is 0.555. The van der Waals surface area contributed by atoms with Crippen LogP contribution < -0.4 is 11.1 Å². The van der Waals surface area contributed by atoms with Crippen LogP contribution in [0.4, 0.5) is 0 Å². The number of nitrogens with zero attached hydrogens (tertiary/aromatic N) is 1. The number of H-pyrrole nitrogens is 2. The summed E-state index contributed by atoms with van der Waals surface area (Å²) in [7, 11) is 1.90. The van der Waals surface area contributed by atoms with Crippen molar-refractivity contribution in [3.05, 3.63) is 39.2 Å². The van der Waals surface area contributed by atoms with Crippen molar-refractivity contribution in [1.82, 2.24) is 20.3 Å². The second-order valence-electron chi connectivity index (χ2n) is 4.43. The summed E-state index contributed by atoms with van der Waals surface area (Å²) >= 11 is 3.48. The fraction of sp³-hybridized carbons (Fsp3) is 0.231. The molecule has 0 radical (unpaired) electrons. The Kier molecular flexibility index (Phi) is 3.45. The summed E-state index contributed by atoms with van der Waals surface area (Å²) in [6.07, 6.45) is 0.819. The highest BCUT2D eigenvalue weighted by atomic mass is 79.9. The van der Waals surface area contributed by atoms with Crippen LogP contribution in [0.3, 0.4) is 0 Å². The summed E-state index contributed by atoms with van der Waals surface area (Å²) in [5, 5.41) is 3.08. The number of likely N-dealkylation sites (N-methyl/N-ethyl adjacent to an activating group) is 1. The highest BCUT2D eigenvalue weighted by Crippen LogP contribution is 2.28. The van der Waals surface area contributed by atoms with Gasteiger partial charge in [0.2, 0.25) is 0 Å². The van der Waals surface area contributed by atoms with Crippen molar-refractivity contribution in [1.29, 1.82) is 0 Å². The highest BCUT2D eigenvalue weighted by Gasteiger charge is 2.11. The zero-order valence-corrected chi connectivity index (χ0v) is 12.4. The lowest BCUT2D eigenvalue weighted by Crippen LogP contribution is -2.11. The van der Waals surface area contributed by atoms with Gasteiger partial charge in [-0.05, 0) is 41.2 Å². The largest absolute Gasteiger partial charge is 0.417 e. The number of imidazole rings is 1. The summed E-state index contributed by atoms with van der Waals surface area (Å²) < 4.78 is 5.82. The Labute approximate surface area is 122 Å². The van der Waals surface area contributed by atoms with E-state index in [0.717, 1.165) is 34.7 Å². The Balaban J connectivity index is 2.01. The zero-order valence-electron chi connectivity index (χ0n) is 10.8. The van der Waals surface area contributed by atoms with E-state index in [1.807, 2.05) is 19.2 Å². The Bertz CT molecular complexity index is 802. The van der Waals surface area contributed by atoms with Crippen LogP contribution in [0.1, 0.15) is 5.82 Å². The molecule has 2 aromatic heterocycles. The quantitative estimate of drug-likeness (QED) is 0.680. The molecule has 0 saturated carbocycles. The van der Waals surface area contributed by atoms with E-state index in [9.17, 15) is 4.79 Å². The van der Waals surface area contributed by atoms with E-state index in [1.54, 1.807) is 6.07 Å². The van der Waals surface area contributed by atoms with E-state index < -0.39 is 5.76 Å². The average Bonchev–Trinajstić information content (AvgIpc) is 2.97. The van der Waals surface area contributed by atoms with Crippen LogP contribution in [-0.2, 0) is 6.42 Å². The molecule has 6 nitrogen and oxygen atoms in total. The van der Waals surface area contributed by atoms with Crippen molar-refractivity contribution in [2.24, 2.45) is 0 Å². The fourth-order valence-corrected chi connectivity index (χ4v) is 2.60. The molecule has 3 aromatic rings. The third-order valence-corrected chi connectivity index (χ3v) is 3.59. The molecule has 3 rings (SSSR count). The minimum atomic E-state index is -0.451. The van der Waals surface area contributed by atoms with Gasteiger partial charge < -0.3 is 14.7 Å². The monoisotopic (exact) mass is 336 g/mol. The van der Waals surface area contributed by atoms with Crippen LogP contribution in [0.25, 0.3) is 22.4 Å². The molecule has 0 fully saturated rings. The number of fused-ring (bicyclic) bond motifs is 1. The Morgan fingerprint density at radius 3 is 3.05 bits per heavy atom. The van der Waals surface area contributed by atoms with E-state index >= 15 is 0 Å². The van der Waals surface area contributed by atoms with Gasteiger partial charge in [0.1, 0.15) is 16.1 Å². The Hall–Kier alpha value is -1.86. The third-order valence-electron chi connectivity index (χ3n) is 3.01. The molecule has 0 aliphatic carbocycles.